The monoisotopic (exact) mass is 290 g/mol. The third-order valence-corrected chi connectivity index (χ3v) is 5.74. The van der Waals surface area contributed by atoms with E-state index in [1.807, 2.05) is 4.68 Å². The van der Waals surface area contributed by atoms with E-state index in [2.05, 4.69) is 17.0 Å². The van der Waals surface area contributed by atoms with Crippen molar-refractivity contribution in [1.82, 2.24) is 14.8 Å². The number of hydrogen-bond donors (Lipinski definition) is 1. The minimum Gasteiger partial charge on any atom is -0.327 e. The molecule has 2 aliphatic carbocycles. The largest absolute Gasteiger partial charge is 0.327 e. The van der Waals surface area contributed by atoms with Crippen molar-refractivity contribution in [2.75, 3.05) is 0 Å². The van der Waals surface area contributed by atoms with Crippen molar-refractivity contribution in [3.63, 3.8) is 0 Å². The zero-order valence-corrected chi connectivity index (χ0v) is 13.4. The number of fused-ring (bicyclic) bond motifs is 1. The average Bonchev–Trinajstić information content (AvgIpc) is 2.94. The molecule has 4 unspecified atom stereocenters. The van der Waals surface area contributed by atoms with Gasteiger partial charge in [0.1, 0.15) is 12.2 Å². The first-order chi connectivity index (χ1) is 10.3. The lowest BCUT2D eigenvalue weighted by Gasteiger charge is -2.41. The Morgan fingerprint density at radius 2 is 2.05 bits per heavy atom. The molecule has 4 heteroatoms. The molecule has 2 N–H and O–H groups in total. The Labute approximate surface area is 128 Å². The summed E-state index contributed by atoms with van der Waals surface area (Å²) >= 11 is 0. The predicted octanol–water partition coefficient (Wildman–Crippen LogP) is 3.16. The van der Waals surface area contributed by atoms with E-state index >= 15 is 0 Å². The van der Waals surface area contributed by atoms with Crippen LogP contribution in [0.1, 0.15) is 64.1 Å². The summed E-state index contributed by atoms with van der Waals surface area (Å²) in [6.45, 7) is 3.13. The highest BCUT2D eigenvalue weighted by atomic mass is 15.3. The zero-order valence-electron chi connectivity index (χ0n) is 13.4. The first-order valence-electron chi connectivity index (χ1n) is 8.90. The number of nitrogens with zero attached hydrogens (tertiary/aromatic N) is 3. The number of aromatic nitrogens is 3. The second-order valence-corrected chi connectivity index (χ2v) is 7.15. The predicted molar refractivity (Wildman–Crippen MR) is 84.8 cm³/mol. The molecule has 2 fully saturated rings. The number of aryl methyl sites for hydroxylation is 1. The molecule has 0 bridgehead atoms. The van der Waals surface area contributed by atoms with Crippen LogP contribution in [0.15, 0.2) is 6.33 Å². The molecule has 0 amide bonds. The Kier molecular flexibility index (Phi) is 4.94. The molecule has 118 valence electrons. The average molecular weight is 290 g/mol. The molecule has 2 aliphatic rings. The first-order valence-corrected chi connectivity index (χ1v) is 8.90. The second kappa shape index (κ2) is 6.91. The maximum absolute atomic E-state index is 6.55. The van der Waals surface area contributed by atoms with Crippen LogP contribution in [0.25, 0.3) is 0 Å². The Hall–Kier alpha value is -0.900. The van der Waals surface area contributed by atoms with Crippen molar-refractivity contribution in [1.29, 1.82) is 0 Å². The SMILES string of the molecule is CCCn1ncnc1CC(N)C1CCC2CCCCC2C1. The highest BCUT2D eigenvalue weighted by molar-refractivity contribution is 4.94. The van der Waals surface area contributed by atoms with Crippen LogP contribution in [0.2, 0.25) is 0 Å². The lowest BCUT2D eigenvalue weighted by molar-refractivity contribution is 0.116. The summed E-state index contributed by atoms with van der Waals surface area (Å²) in [7, 11) is 0. The van der Waals surface area contributed by atoms with Crippen LogP contribution < -0.4 is 5.73 Å². The van der Waals surface area contributed by atoms with E-state index in [4.69, 9.17) is 5.73 Å². The molecule has 2 saturated carbocycles. The van der Waals surface area contributed by atoms with Crippen LogP contribution in [0, 0.1) is 17.8 Å². The number of hydrogen-bond acceptors (Lipinski definition) is 3. The standard InChI is InChI=1S/C17H30N4/c1-2-9-21-17(19-12-20-21)11-16(18)15-8-7-13-5-3-4-6-14(13)10-15/h12-16H,2-11,18H2,1H3. The van der Waals surface area contributed by atoms with Crippen molar-refractivity contribution in [2.45, 2.75) is 77.3 Å². The van der Waals surface area contributed by atoms with Gasteiger partial charge in [0, 0.05) is 19.0 Å². The smallest absolute Gasteiger partial charge is 0.138 e. The van der Waals surface area contributed by atoms with E-state index < -0.39 is 0 Å². The van der Waals surface area contributed by atoms with Crippen LogP contribution in [-0.2, 0) is 13.0 Å². The third-order valence-electron chi connectivity index (χ3n) is 5.74. The quantitative estimate of drug-likeness (QED) is 0.906. The minimum atomic E-state index is 0.257. The summed E-state index contributed by atoms with van der Waals surface area (Å²) < 4.78 is 2.03. The summed E-state index contributed by atoms with van der Waals surface area (Å²) in [5.41, 5.74) is 6.55. The van der Waals surface area contributed by atoms with E-state index in [-0.39, 0.29) is 6.04 Å². The molecule has 0 radical (unpaired) electrons. The van der Waals surface area contributed by atoms with E-state index in [9.17, 15) is 0 Å². The van der Waals surface area contributed by atoms with Crippen molar-refractivity contribution in [3.8, 4) is 0 Å². The van der Waals surface area contributed by atoms with Gasteiger partial charge in [0.05, 0.1) is 0 Å². The van der Waals surface area contributed by atoms with Gasteiger partial charge in [-0.1, -0.05) is 32.6 Å². The topological polar surface area (TPSA) is 56.7 Å². The third kappa shape index (κ3) is 3.47. The molecule has 3 rings (SSSR count). The Balaban J connectivity index is 1.57. The van der Waals surface area contributed by atoms with Crippen molar-refractivity contribution < 1.29 is 0 Å². The summed E-state index contributed by atoms with van der Waals surface area (Å²) in [5, 5.41) is 4.32. The van der Waals surface area contributed by atoms with Gasteiger partial charge in [0.15, 0.2) is 0 Å². The number of rotatable bonds is 5. The molecule has 1 aromatic heterocycles. The van der Waals surface area contributed by atoms with E-state index in [0.717, 1.165) is 37.0 Å². The highest BCUT2D eigenvalue weighted by Crippen LogP contribution is 2.43. The highest BCUT2D eigenvalue weighted by Gasteiger charge is 2.34. The van der Waals surface area contributed by atoms with Gasteiger partial charge in [-0.15, -0.1) is 0 Å². The van der Waals surface area contributed by atoms with Gasteiger partial charge in [0.2, 0.25) is 0 Å². The van der Waals surface area contributed by atoms with Crippen LogP contribution in [0.5, 0.6) is 0 Å². The van der Waals surface area contributed by atoms with Crippen molar-refractivity contribution in [2.24, 2.45) is 23.5 Å². The van der Waals surface area contributed by atoms with Gasteiger partial charge >= 0.3 is 0 Å². The van der Waals surface area contributed by atoms with Gasteiger partial charge in [-0.05, 0) is 43.4 Å². The Bertz CT molecular complexity index is 442. The fraction of sp³-hybridized carbons (Fsp3) is 0.882. The van der Waals surface area contributed by atoms with Crippen LogP contribution in [0.4, 0.5) is 0 Å². The maximum Gasteiger partial charge on any atom is 0.138 e. The lowest BCUT2D eigenvalue weighted by Crippen LogP contribution is -2.39. The fourth-order valence-corrected chi connectivity index (χ4v) is 4.52. The van der Waals surface area contributed by atoms with Gasteiger partial charge in [-0.2, -0.15) is 5.10 Å². The fourth-order valence-electron chi connectivity index (χ4n) is 4.52. The summed E-state index contributed by atoms with van der Waals surface area (Å²) in [4.78, 5) is 4.42. The zero-order chi connectivity index (χ0) is 14.7. The van der Waals surface area contributed by atoms with Gasteiger partial charge in [-0.3, -0.25) is 4.68 Å². The lowest BCUT2D eigenvalue weighted by atomic mass is 9.66. The van der Waals surface area contributed by atoms with Crippen LogP contribution in [-0.4, -0.2) is 20.8 Å². The summed E-state index contributed by atoms with van der Waals surface area (Å²) in [5.74, 6) is 3.73. The molecule has 0 aromatic carbocycles. The molecule has 1 heterocycles. The summed E-state index contributed by atoms with van der Waals surface area (Å²) in [6.07, 6.45) is 13.6. The van der Waals surface area contributed by atoms with E-state index in [0.29, 0.717) is 5.92 Å². The van der Waals surface area contributed by atoms with Crippen molar-refractivity contribution >= 4 is 0 Å². The molecule has 4 nitrogen and oxygen atoms in total. The molecule has 1 aromatic rings. The molecule has 0 spiro atoms. The molecule has 0 saturated heterocycles. The van der Waals surface area contributed by atoms with Crippen LogP contribution in [0.3, 0.4) is 0 Å². The molecule has 21 heavy (non-hydrogen) atoms. The van der Waals surface area contributed by atoms with Crippen molar-refractivity contribution in [3.05, 3.63) is 12.2 Å². The molecular weight excluding hydrogens is 260 g/mol. The number of nitrogens with two attached hydrogens (primary N) is 1. The summed E-state index contributed by atoms with van der Waals surface area (Å²) in [6, 6.07) is 0.257. The van der Waals surface area contributed by atoms with Crippen LogP contribution >= 0.6 is 0 Å². The van der Waals surface area contributed by atoms with Gasteiger partial charge < -0.3 is 5.73 Å². The Morgan fingerprint density at radius 3 is 2.86 bits per heavy atom. The maximum atomic E-state index is 6.55. The second-order valence-electron chi connectivity index (χ2n) is 7.15. The molecule has 0 aliphatic heterocycles. The first kappa shape index (κ1) is 15.0. The van der Waals surface area contributed by atoms with E-state index in [1.54, 1.807) is 6.33 Å². The molecule has 4 atom stereocenters. The molecular formula is C17H30N4. The van der Waals surface area contributed by atoms with Gasteiger partial charge in [0.25, 0.3) is 0 Å². The normalized spacial score (nSPS) is 30.9. The van der Waals surface area contributed by atoms with E-state index in [1.165, 1.54) is 44.9 Å². The minimum absolute atomic E-state index is 0.257. The van der Waals surface area contributed by atoms with Gasteiger partial charge in [-0.25, -0.2) is 4.98 Å². The Morgan fingerprint density at radius 1 is 1.24 bits per heavy atom.